The summed E-state index contributed by atoms with van der Waals surface area (Å²) in [7, 11) is -2.16. The van der Waals surface area contributed by atoms with Crippen molar-refractivity contribution in [3.63, 3.8) is 0 Å². The molecular formula is C13H11IN2O5S. The van der Waals surface area contributed by atoms with Gasteiger partial charge in [0.1, 0.15) is 11.5 Å². The summed E-state index contributed by atoms with van der Waals surface area (Å²) in [5.41, 5.74) is 0.00316. The van der Waals surface area contributed by atoms with E-state index in [-0.39, 0.29) is 10.6 Å². The summed E-state index contributed by atoms with van der Waals surface area (Å²) in [6.45, 7) is 0. The van der Waals surface area contributed by atoms with Crippen molar-refractivity contribution in [2.24, 2.45) is 0 Å². The Hall–Kier alpha value is -1.72. The van der Waals surface area contributed by atoms with Crippen molar-refractivity contribution in [1.82, 2.24) is 4.72 Å². The van der Waals surface area contributed by atoms with Crippen LogP contribution >= 0.6 is 22.6 Å². The Morgan fingerprint density at radius 1 is 1.14 bits per heavy atom. The quantitative estimate of drug-likeness (QED) is 0.444. The highest BCUT2D eigenvalue weighted by molar-refractivity contribution is 14.1. The van der Waals surface area contributed by atoms with E-state index in [9.17, 15) is 18.5 Å². The molecule has 0 fully saturated rings. The second-order valence-electron chi connectivity index (χ2n) is 4.15. The van der Waals surface area contributed by atoms with Crippen molar-refractivity contribution in [2.45, 2.75) is 4.90 Å². The Bertz CT molecular complexity index is 806. The van der Waals surface area contributed by atoms with Crippen molar-refractivity contribution in [3.8, 4) is 11.5 Å². The van der Waals surface area contributed by atoms with Crippen molar-refractivity contribution < 1.29 is 18.1 Å². The molecule has 0 saturated carbocycles. The largest absolute Gasteiger partial charge is 0.457 e. The summed E-state index contributed by atoms with van der Waals surface area (Å²) in [6.07, 6.45) is 0. The van der Waals surface area contributed by atoms with Gasteiger partial charge in [0.15, 0.2) is 0 Å². The van der Waals surface area contributed by atoms with Gasteiger partial charge in [-0.25, -0.2) is 13.1 Å². The summed E-state index contributed by atoms with van der Waals surface area (Å²) in [5, 5.41) is 10.7. The fourth-order valence-electron chi connectivity index (χ4n) is 1.64. The number of halogens is 1. The Morgan fingerprint density at radius 2 is 1.73 bits per heavy atom. The first kappa shape index (κ1) is 16.6. The van der Waals surface area contributed by atoms with Crippen LogP contribution in [0, 0.1) is 13.7 Å². The molecule has 0 heterocycles. The van der Waals surface area contributed by atoms with Crippen LogP contribution in [0.25, 0.3) is 0 Å². The number of nitrogens with one attached hydrogen (secondary N) is 1. The molecule has 0 amide bonds. The SMILES string of the molecule is CNS(=O)(=O)c1ccc(Oc2ccc([N+](=O)[O-])c(I)c2)cc1. The minimum absolute atomic E-state index is 0.00316. The lowest BCUT2D eigenvalue weighted by Gasteiger charge is -2.07. The Labute approximate surface area is 140 Å². The van der Waals surface area contributed by atoms with Crippen molar-refractivity contribution >= 4 is 38.3 Å². The van der Waals surface area contributed by atoms with E-state index in [4.69, 9.17) is 4.74 Å². The first-order valence-electron chi connectivity index (χ1n) is 5.99. The van der Waals surface area contributed by atoms with E-state index in [0.717, 1.165) is 0 Å². The lowest BCUT2D eigenvalue weighted by molar-refractivity contribution is -0.385. The predicted octanol–water partition coefficient (Wildman–Crippen LogP) is 2.90. The predicted molar refractivity (Wildman–Crippen MR) is 88.6 cm³/mol. The average Bonchev–Trinajstić information content (AvgIpc) is 2.47. The zero-order valence-corrected chi connectivity index (χ0v) is 14.3. The lowest BCUT2D eigenvalue weighted by atomic mass is 10.3. The summed E-state index contributed by atoms with van der Waals surface area (Å²) in [5.74, 6) is 0.860. The second-order valence-corrected chi connectivity index (χ2v) is 7.20. The van der Waals surface area contributed by atoms with Gasteiger partial charge in [0.2, 0.25) is 10.0 Å². The molecule has 0 aromatic heterocycles. The molecule has 0 atom stereocenters. The molecule has 0 aliphatic heterocycles. The second kappa shape index (κ2) is 6.58. The van der Waals surface area contributed by atoms with E-state index in [2.05, 4.69) is 4.72 Å². The van der Waals surface area contributed by atoms with Gasteiger partial charge in [-0.3, -0.25) is 10.1 Å². The van der Waals surface area contributed by atoms with Crippen LogP contribution in [0.15, 0.2) is 47.4 Å². The molecule has 1 N–H and O–H groups in total. The molecule has 0 aliphatic carbocycles. The van der Waals surface area contributed by atoms with Crippen LogP contribution in [0.2, 0.25) is 0 Å². The number of benzene rings is 2. The van der Waals surface area contributed by atoms with Gasteiger partial charge in [-0.1, -0.05) is 0 Å². The van der Waals surface area contributed by atoms with Crippen molar-refractivity contribution in [3.05, 3.63) is 56.1 Å². The molecular weight excluding hydrogens is 423 g/mol. The fraction of sp³-hybridized carbons (Fsp3) is 0.0769. The summed E-state index contributed by atoms with van der Waals surface area (Å²) in [6, 6.07) is 10.2. The number of nitro groups is 1. The van der Waals surface area contributed by atoms with Crippen LogP contribution in [-0.4, -0.2) is 20.4 Å². The monoisotopic (exact) mass is 434 g/mol. The first-order chi connectivity index (χ1) is 10.3. The zero-order valence-electron chi connectivity index (χ0n) is 11.3. The maximum Gasteiger partial charge on any atom is 0.282 e. The number of sulfonamides is 1. The van der Waals surface area contributed by atoms with Gasteiger partial charge in [-0.05, 0) is 60.0 Å². The van der Waals surface area contributed by atoms with E-state index >= 15 is 0 Å². The average molecular weight is 434 g/mol. The number of rotatable bonds is 5. The van der Waals surface area contributed by atoms with E-state index in [1.165, 1.54) is 49.5 Å². The minimum Gasteiger partial charge on any atom is -0.457 e. The topological polar surface area (TPSA) is 98.5 Å². The fourth-order valence-corrected chi connectivity index (χ4v) is 3.05. The van der Waals surface area contributed by atoms with Gasteiger partial charge in [-0.2, -0.15) is 0 Å². The molecule has 2 aromatic carbocycles. The van der Waals surface area contributed by atoms with Crippen molar-refractivity contribution in [1.29, 1.82) is 0 Å². The zero-order chi connectivity index (χ0) is 16.3. The summed E-state index contributed by atoms with van der Waals surface area (Å²) >= 11 is 1.86. The van der Waals surface area contributed by atoms with Crippen LogP contribution in [0.5, 0.6) is 11.5 Å². The number of hydrogen-bond acceptors (Lipinski definition) is 5. The molecule has 0 unspecified atom stereocenters. The number of hydrogen-bond donors (Lipinski definition) is 1. The molecule has 9 heteroatoms. The van der Waals surface area contributed by atoms with E-state index in [1.807, 2.05) is 22.6 Å². The standard InChI is InChI=1S/C13H11IN2O5S/c1-15-22(19,20)11-5-2-9(3-6-11)21-10-4-7-13(16(17)18)12(14)8-10/h2-8,15H,1H3. The molecule has 0 spiro atoms. The molecule has 0 bridgehead atoms. The van der Waals surface area contributed by atoms with Gasteiger partial charge in [0, 0.05) is 12.1 Å². The van der Waals surface area contributed by atoms with Gasteiger partial charge < -0.3 is 4.74 Å². The molecule has 0 aliphatic rings. The summed E-state index contributed by atoms with van der Waals surface area (Å²) in [4.78, 5) is 10.4. The van der Waals surface area contributed by atoms with E-state index in [1.54, 1.807) is 0 Å². The number of nitro benzene ring substituents is 1. The third-order valence-corrected chi connectivity index (χ3v) is 5.05. The molecule has 2 aromatic rings. The van der Waals surface area contributed by atoms with Gasteiger partial charge in [0.25, 0.3) is 5.69 Å². The van der Waals surface area contributed by atoms with Gasteiger partial charge in [-0.15, -0.1) is 0 Å². The highest BCUT2D eigenvalue weighted by Gasteiger charge is 2.13. The molecule has 0 saturated heterocycles. The normalized spacial score (nSPS) is 11.2. The van der Waals surface area contributed by atoms with Crippen LogP contribution in [0.1, 0.15) is 0 Å². The number of ether oxygens (including phenoxy) is 1. The van der Waals surface area contributed by atoms with E-state index in [0.29, 0.717) is 15.1 Å². The molecule has 0 radical (unpaired) electrons. The third kappa shape index (κ3) is 3.72. The third-order valence-electron chi connectivity index (χ3n) is 2.75. The van der Waals surface area contributed by atoms with Crippen LogP contribution in [0.3, 0.4) is 0 Å². The molecule has 2 rings (SSSR count). The number of nitrogens with zero attached hydrogens (tertiary/aromatic N) is 1. The van der Waals surface area contributed by atoms with E-state index < -0.39 is 14.9 Å². The smallest absolute Gasteiger partial charge is 0.282 e. The maximum absolute atomic E-state index is 11.6. The summed E-state index contributed by atoms with van der Waals surface area (Å²) < 4.78 is 31.4. The first-order valence-corrected chi connectivity index (χ1v) is 8.55. The van der Waals surface area contributed by atoms with Crippen LogP contribution < -0.4 is 9.46 Å². The van der Waals surface area contributed by atoms with Crippen molar-refractivity contribution in [2.75, 3.05) is 7.05 Å². The highest BCUT2D eigenvalue weighted by atomic mass is 127. The molecule has 116 valence electrons. The molecule has 7 nitrogen and oxygen atoms in total. The highest BCUT2D eigenvalue weighted by Crippen LogP contribution is 2.29. The minimum atomic E-state index is -3.49. The maximum atomic E-state index is 11.6. The Morgan fingerprint density at radius 3 is 2.23 bits per heavy atom. The van der Waals surface area contributed by atoms with Crippen LogP contribution in [-0.2, 0) is 10.0 Å². The Balaban J connectivity index is 2.21. The Kier molecular flexibility index (Phi) is 4.98. The lowest BCUT2D eigenvalue weighted by Crippen LogP contribution is -2.18. The van der Waals surface area contributed by atoms with Gasteiger partial charge in [0.05, 0.1) is 13.4 Å². The van der Waals surface area contributed by atoms with Crippen LogP contribution in [0.4, 0.5) is 5.69 Å². The molecule has 22 heavy (non-hydrogen) atoms. The van der Waals surface area contributed by atoms with Gasteiger partial charge >= 0.3 is 0 Å².